The van der Waals surface area contributed by atoms with Gasteiger partial charge in [-0.1, -0.05) is 6.07 Å². The van der Waals surface area contributed by atoms with Crippen LogP contribution in [0.4, 0.5) is 0 Å². The molecule has 3 aromatic rings. The Kier molecular flexibility index (Phi) is 3.52. The molecule has 2 heterocycles. The van der Waals surface area contributed by atoms with Crippen LogP contribution in [0.1, 0.15) is 20.8 Å². The van der Waals surface area contributed by atoms with E-state index in [2.05, 4.69) is 35.3 Å². The molecule has 0 amide bonds. The van der Waals surface area contributed by atoms with Crippen LogP contribution in [0.2, 0.25) is 0 Å². The number of nitrogens with zero attached hydrogens (tertiary/aromatic N) is 3. The van der Waals surface area contributed by atoms with Gasteiger partial charge in [-0.25, -0.2) is 13.4 Å². The van der Waals surface area contributed by atoms with E-state index in [9.17, 15) is 8.42 Å². The second kappa shape index (κ2) is 5.16. The van der Waals surface area contributed by atoms with Crippen molar-refractivity contribution in [2.75, 3.05) is 6.26 Å². The summed E-state index contributed by atoms with van der Waals surface area (Å²) in [5.41, 5.74) is 3.54. The van der Waals surface area contributed by atoms with E-state index in [-0.39, 0.29) is 10.4 Å². The van der Waals surface area contributed by atoms with Gasteiger partial charge in [0.05, 0.1) is 22.3 Å². The van der Waals surface area contributed by atoms with Crippen molar-refractivity contribution in [3.63, 3.8) is 0 Å². The van der Waals surface area contributed by atoms with Gasteiger partial charge in [-0.05, 0) is 44.5 Å². The van der Waals surface area contributed by atoms with Crippen molar-refractivity contribution in [3.05, 3.63) is 43.0 Å². The number of benzene rings is 1. The minimum absolute atomic E-state index is 0.0831. The van der Waals surface area contributed by atoms with E-state index in [0.29, 0.717) is 0 Å². The standard InChI is InChI=1S/C17H19N3O2S/c1-17(2,3)20-11-19-15-6-5-12(8-16(15)20)13-7-14(10-18-9-13)23(4,21)22/h5-11H,1-4H3. The maximum Gasteiger partial charge on any atom is 0.177 e. The maximum absolute atomic E-state index is 11.7. The summed E-state index contributed by atoms with van der Waals surface area (Å²) in [6.07, 6.45) is 6.07. The SMILES string of the molecule is CC(C)(C)n1cnc2ccc(-c3cncc(S(C)(=O)=O)c3)cc21. The molecule has 0 unspecified atom stereocenters. The van der Waals surface area contributed by atoms with E-state index >= 15 is 0 Å². The molecule has 0 radical (unpaired) electrons. The van der Waals surface area contributed by atoms with Crippen molar-refractivity contribution in [2.24, 2.45) is 0 Å². The van der Waals surface area contributed by atoms with Gasteiger partial charge >= 0.3 is 0 Å². The Morgan fingerprint density at radius 3 is 2.43 bits per heavy atom. The van der Waals surface area contributed by atoms with E-state index in [1.54, 1.807) is 12.3 Å². The molecule has 0 aliphatic heterocycles. The molecule has 0 saturated carbocycles. The fourth-order valence-electron chi connectivity index (χ4n) is 2.50. The van der Waals surface area contributed by atoms with Crippen molar-refractivity contribution >= 4 is 20.9 Å². The van der Waals surface area contributed by atoms with Gasteiger partial charge < -0.3 is 4.57 Å². The number of imidazole rings is 1. The predicted molar refractivity (Wildman–Crippen MR) is 91.1 cm³/mol. The quantitative estimate of drug-likeness (QED) is 0.724. The summed E-state index contributed by atoms with van der Waals surface area (Å²) in [5, 5.41) is 0. The lowest BCUT2D eigenvalue weighted by Gasteiger charge is -2.21. The lowest BCUT2D eigenvalue weighted by Crippen LogP contribution is -2.20. The molecular formula is C17H19N3O2S. The molecule has 0 bridgehead atoms. The number of rotatable bonds is 2. The highest BCUT2D eigenvalue weighted by atomic mass is 32.2. The van der Waals surface area contributed by atoms with E-state index in [0.717, 1.165) is 22.2 Å². The lowest BCUT2D eigenvalue weighted by atomic mass is 10.1. The van der Waals surface area contributed by atoms with Crippen molar-refractivity contribution in [2.45, 2.75) is 31.2 Å². The second-order valence-electron chi connectivity index (χ2n) is 6.67. The minimum atomic E-state index is -3.28. The lowest BCUT2D eigenvalue weighted by molar-refractivity contribution is 0.408. The monoisotopic (exact) mass is 329 g/mol. The molecule has 0 spiro atoms. The van der Waals surface area contributed by atoms with Gasteiger partial charge in [0.25, 0.3) is 0 Å². The molecule has 23 heavy (non-hydrogen) atoms. The highest BCUT2D eigenvalue weighted by molar-refractivity contribution is 7.90. The first-order chi connectivity index (χ1) is 10.7. The molecule has 1 aromatic carbocycles. The number of fused-ring (bicyclic) bond motifs is 1. The average molecular weight is 329 g/mol. The molecule has 120 valence electrons. The summed E-state index contributed by atoms with van der Waals surface area (Å²) < 4.78 is 25.5. The second-order valence-corrected chi connectivity index (χ2v) is 8.69. The number of sulfone groups is 1. The smallest absolute Gasteiger partial charge is 0.177 e. The van der Waals surface area contributed by atoms with Gasteiger partial charge in [-0.15, -0.1) is 0 Å². The molecule has 2 aromatic heterocycles. The third-order valence-electron chi connectivity index (χ3n) is 3.74. The predicted octanol–water partition coefficient (Wildman–Crippen LogP) is 3.26. The third-order valence-corrected chi connectivity index (χ3v) is 4.82. The number of hydrogen-bond acceptors (Lipinski definition) is 4. The molecule has 3 rings (SSSR count). The Labute approximate surface area is 135 Å². The molecule has 5 nitrogen and oxygen atoms in total. The Bertz CT molecular complexity index is 982. The third kappa shape index (κ3) is 2.99. The van der Waals surface area contributed by atoms with Gasteiger partial charge in [0.2, 0.25) is 0 Å². The molecule has 0 atom stereocenters. The van der Waals surface area contributed by atoms with Gasteiger partial charge in [-0.3, -0.25) is 4.98 Å². The summed E-state index contributed by atoms with van der Waals surface area (Å²) >= 11 is 0. The van der Waals surface area contributed by atoms with Crippen LogP contribution in [0.5, 0.6) is 0 Å². The van der Waals surface area contributed by atoms with Crippen molar-refractivity contribution in [3.8, 4) is 11.1 Å². The van der Waals surface area contributed by atoms with Gasteiger partial charge in [0.15, 0.2) is 9.84 Å². The first-order valence-corrected chi connectivity index (χ1v) is 9.18. The first kappa shape index (κ1) is 15.7. The zero-order chi connectivity index (χ0) is 16.8. The van der Waals surface area contributed by atoms with Crippen LogP contribution in [-0.2, 0) is 15.4 Å². The number of hydrogen-bond donors (Lipinski definition) is 0. The molecular weight excluding hydrogens is 310 g/mol. The highest BCUT2D eigenvalue weighted by Crippen LogP contribution is 2.28. The van der Waals surface area contributed by atoms with Crippen LogP contribution in [0.3, 0.4) is 0 Å². The fraction of sp³-hybridized carbons (Fsp3) is 0.294. The largest absolute Gasteiger partial charge is 0.325 e. The maximum atomic E-state index is 11.7. The zero-order valence-electron chi connectivity index (χ0n) is 13.6. The summed E-state index contributed by atoms with van der Waals surface area (Å²) in [4.78, 5) is 8.71. The normalized spacial score (nSPS) is 12.7. The Balaban J connectivity index is 2.18. The van der Waals surface area contributed by atoms with Crippen molar-refractivity contribution < 1.29 is 8.42 Å². The van der Waals surface area contributed by atoms with Crippen LogP contribution in [0, 0.1) is 0 Å². The van der Waals surface area contributed by atoms with E-state index in [4.69, 9.17) is 0 Å². The summed E-state index contributed by atoms with van der Waals surface area (Å²) in [6.45, 7) is 6.35. The fourth-order valence-corrected chi connectivity index (χ4v) is 3.09. The Hall–Kier alpha value is -2.21. The van der Waals surface area contributed by atoms with E-state index < -0.39 is 9.84 Å². The topological polar surface area (TPSA) is 64.8 Å². The van der Waals surface area contributed by atoms with Crippen molar-refractivity contribution in [1.29, 1.82) is 0 Å². The number of pyridine rings is 1. The van der Waals surface area contributed by atoms with Gasteiger partial charge in [0.1, 0.15) is 0 Å². The summed E-state index contributed by atoms with van der Waals surface area (Å²) in [7, 11) is -3.28. The molecule has 6 heteroatoms. The number of aromatic nitrogens is 3. The van der Waals surface area contributed by atoms with Crippen molar-refractivity contribution in [1.82, 2.24) is 14.5 Å². The molecule has 0 fully saturated rings. The zero-order valence-corrected chi connectivity index (χ0v) is 14.4. The summed E-state index contributed by atoms with van der Waals surface area (Å²) in [6, 6.07) is 7.56. The average Bonchev–Trinajstić information content (AvgIpc) is 2.89. The van der Waals surface area contributed by atoms with E-state index in [1.807, 2.05) is 24.5 Å². The highest BCUT2D eigenvalue weighted by Gasteiger charge is 2.17. The van der Waals surface area contributed by atoms with Gasteiger partial charge in [-0.2, -0.15) is 0 Å². The van der Waals surface area contributed by atoms with Crippen LogP contribution < -0.4 is 0 Å². The van der Waals surface area contributed by atoms with Gasteiger partial charge in [0, 0.05) is 29.8 Å². The van der Waals surface area contributed by atoms with Crippen LogP contribution in [0.15, 0.2) is 47.9 Å². The van der Waals surface area contributed by atoms with Crippen LogP contribution in [0.25, 0.3) is 22.2 Å². The summed E-state index contributed by atoms with van der Waals surface area (Å²) in [5.74, 6) is 0. The van der Waals surface area contributed by atoms with Crippen LogP contribution in [-0.4, -0.2) is 29.2 Å². The van der Waals surface area contributed by atoms with E-state index in [1.165, 1.54) is 12.5 Å². The Morgan fingerprint density at radius 2 is 1.78 bits per heavy atom. The Morgan fingerprint density at radius 1 is 1.04 bits per heavy atom. The van der Waals surface area contributed by atoms with Crippen LogP contribution >= 0.6 is 0 Å². The molecule has 0 aliphatic carbocycles. The molecule has 0 N–H and O–H groups in total. The molecule has 0 aliphatic rings. The molecule has 0 saturated heterocycles. The minimum Gasteiger partial charge on any atom is -0.325 e. The first-order valence-electron chi connectivity index (χ1n) is 7.29.